The van der Waals surface area contributed by atoms with E-state index in [-0.39, 0.29) is 53.9 Å². The molecule has 11 heteroatoms. The zero-order chi connectivity index (χ0) is 47.1. The van der Waals surface area contributed by atoms with Crippen LogP contribution in [0.15, 0.2) is 36.4 Å². The third-order valence-corrected chi connectivity index (χ3v) is 14.1. The SMILES string of the molecule is C=Cc1c(C)c2cc3nc(c4c5[n-]c(cc6nc(cc1[n-]2)C(C=O)=C6CC)c(C)c5C(=O)[C@H]4C(=O)OC)[C@@H](CCC(=O)OC/C=C(\C)CCC[C@H](C)CCC[C@H](C)CCCC(C)C)[C@@H]3C.[Mg+2]. The summed E-state index contributed by atoms with van der Waals surface area (Å²) in [5.41, 5.74) is 9.91. The Hall–Kier alpha value is -4.61. The number of carbonyl (C=O) groups excluding carboxylic acids is 4. The standard InChI is InChI=1S/C55H71N4O6.Mg/c1-12-38-35(8)42-27-43-36(9)40(23-24-48(61)65-26-25-34(7)22-16-21-33(6)20-15-19-32(5)18-14-17-31(3)4)52(58-43)50-51(55(63)64-11)54(62)49-37(10)44(59-53(49)50)28-46-39(13-2)41(30-60)47(57-46)29-45(38)56-42;/h12,25,27-33,36,40,51H,1,13-24,26H2,2-11H3,(H-,56,57,58,59,60,62);/q-1;+2/p-1/b34-25+;/t32-,33-,36+,40+,51+;/m1./s1. The molecule has 6 rings (SSSR count). The summed E-state index contributed by atoms with van der Waals surface area (Å²) >= 11 is 0. The van der Waals surface area contributed by atoms with E-state index < -0.39 is 17.7 Å². The van der Waals surface area contributed by atoms with Gasteiger partial charge in [-0.3, -0.25) is 24.2 Å². The molecule has 5 heterocycles. The predicted molar refractivity (Wildman–Crippen MR) is 266 cm³/mol. The third-order valence-electron chi connectivity index (χ3n) is 14.1. The number of aromatic nitrogens is 4. The number of fused-ring (bicyclic) bond motifs is 8. The summed E-state index contributed by atoms with van der Waals surface area (Å²) in [4.78, 5) is 74.1. The molecule has 3 aromatic rings. The van der Waals surface area contributed by atoms with Crippen molar-refractivity contribution < 1.29 is 28.7 Å². The summed E-state index contributed by atoms with van der Waals surface area (Å²) in [6, 6.07) is 5.55. The van der Waals surface area contributed by atoms with Gasteiger partial charge in [-0.05, 0) is 93.1 Å². The minimum absolute atomic E-state index is 0. The molecule has 3 aromatic heterocycles. The first kappa shape index (κ1) is 52.4. The van der Waals surface area contributed by atoms with Crippen LogP contribution in [0.2, 0.25) is 0 Å². The average Bonchev–Trinajstić information content (AvgIpc) is 4.02. The van der Waals surface area contributed by atoms with Gasteiger partial charge in [0, 0.05) is 40.8 Å². The fraction of sp³-hybridized carbons (Fsp3) is 0.527. The van der Waals surface area contributed by atoms with Gasteiger partial charge in [0.25, 0.3) is 0 Å². The van der Waals surface area contributed by atoms with Gasteiger partial charge < -0.3 is 19.4 Å². The Bertz CT molecular complexity index is 2540. The van der Waals surface area contributed by atoms with E-state index in [4.69, 9.17) is 29.4 Å². The summed E-state index contributed by atoms with van der Waals surface area (Å²) in [6.45, 7) is 23.5. The number of rotatable bonds is 21. The zero-order valence-electron chi connectivity index (χ0n) is 41.3. The number of hydrogen-bond acceptors (Lipinski definition) is 8. The molecular weight excluding hydrogens is 837 g/mol. The molecule has 0 fully saturated rings. The molecule has 0 amide bonds. The minimum Gasteiger partial charge on any atom is -0.657 e. The second-order valence-electron chi connectivity index (χ2n) is 19.3. The fourth-order valence-electron chi connectivity index (χ4n) is 10.0. The second-order valence-corrected chi connectivity index (χ2v) is 19.3. The van der Waals surface area contributed by atoms with Crippen molar-refractivity contribution in [2.75, 3.05) is 13.7 Å². The summed E-state index contributed by atoms with van der Waals surface area (Å²) in [6.07, 6.45) is 16.8. The first-order valence-electron chi connectivity index (χ1n) is 24.0. The number of ketones is 1. The number of carbonyl (C=O) groups is 4. The molecule has 10 nitrogen and oxygen atoms in total. The fourth-order valence-corrected chi connectivity index (χ4v) is 10.0. The van der Waals surface area contributed by atoms with Crippen molar-refractivity contribution in [3.8, 4) is 0 Å². The Morgan fingerprint density at radius 3 is 2.17 bits per heavy atom. The zero-order valence-corrected chi connectivity index (χ0v) is 42.7. The maximum Gasteiger partial charge on any atom is 2.00 e. The number of allylic oxidation sites excluding steroid dienone is 3. The van der Waals surface area contributed by atoms with Crippen molar-refractivity contribution in [3.05, 3.63) is 87.0 Å². The van der Waals surface area contributed by atoms with Crippen LogP contribution >= 0.6 is 0 Å². The molecule has 0 unspecified atom stereocenters. The van der Waals surface area contributed by atoms with Crippen molar-refractivity contribution in [1.29, 1.82) is 0 Å². The molecule has 5 atom stereocenters. The quantitative estimate of drug-likeness (QED) is 0.0333. The molecule has 3 aliphatic rings. The number of nitrogens with zero attached hydrogens (tertiary/aromatic N) is 4. The summed E-state index contributed by atoms with van der Waals surface area (Å²) < 4.78 is 11.0. The minimum atomic E-state index is -1.27. The van der Waals surface area contributed by atoms with Crippen molar-refractivity contribution in [2.24, 2.45) is 17.8 Å². The number of aldehydes is 1. The number of Topliss-reactive ketones (excluding diaryl/α,β-unsaturated/α-hetero) is 1. The summed E-state index contributed by atoms with van der Waals surface area (Å²) in [7, 11) is 1.27. The van der Waals surface area contributed by atoms with E-state index in [0.29, 0.717) is 85.9 Å². The van der Waals surface area contributed by atoms with Gasteiger partial charge in [0.2, 0.25) is 0 Å². The Labute approximate surface area is 408 Å². The maximum atomic E-state index is 14.4. The van der Waals surface area contributed by atoms with Gasteiger partial charge in [-0.15, -0.1) is 22.1 Å². The molecule has 0 aromatic carbocycles. The maximum absolute atomic E-state index is 14.4. The Kier molecular flexibility index (Phi) is 18.6. The van der Waals surface area contributed by atoms with Crippen LogP contribution in [0.1, 0.15) is 199 Å². The Morgan fingerprint density at radius 1 is 0.879 bits per heavy atom. The monoisotopic (exact) mass is 907 g/mol. The Morgan fingerprint density at radius 2 is 1.53 bits per heavy atom. The molecule has 348 valence electrons. The number of hydrogen-bond donors (Lipinski definition) is 0. The molecular formula is C55H70MgN4O6. The number of aryl methyl sites for hydroxylation is 2. The Balaban J connectivity index is 0.00000817. The first-order chi connectivity index (χ1) is 31.1. The normalized spacial score (nSPS) is 17.8. The van der Waals surface area contributed by atoms with Crippen LogP contribution in [0.4, 0.5) is 0 Å². The number of ether oxygens (including phenoxy) is 2. The van der Waals surface area contributed by atoms with E-state index in [0.717, 1.165) is 47.7 Å². The second kappa shape index (κ2) is 23.4. The first-order valence-corrected chi connectivity index (χ1v) is 24.0. The molecule has 0 radical (unpaired) electrons. The molecule has 8 bridgehead atoms. The van der Waals surface area contributed by atoms with Crippen molar-refractivity contribution in [1.82, 2.24) is 19.9 Å². The van der Waals surface area contributed by atoms with Crippen molar-refractivity contribution in [2.45, 2.75) is 157 Å². The van der Waals surface area contributed by atoms with Gasteiger partial charge in [-0.25, -0.2) is 4.98 Å². The summed E-state index contributed by atoms with van der Waals surface area (Å²) in [5, 5.41) is 0. The molecule has 0 saturated heterocycles. The largest absolute Gasteiger partial charge is 2.00 e. The number of methoxy groups -OCH3 is 1. The van der Waals surface area contributed by atoms with Crippen LogP contribution in [-0.2, 0) is 23.9 Å². The van der Waals surface area contributed by atoms with Crippen LogP contribution in [0.25, 0.3) is 39.3 Å². The van der Waals surface area contributed by atoms with E-state index in [1.807, 2.05) is 45.9 Å². The van der Waals surface area contributed by atoms with Gasteiger partial charge in [0.05, 0.1) is 18.5 Å². The van der Waals surface area contributed by atoms with Gasteiger partial charge in [0.1, 0.15) is 12.5 Å². The van der Waals surface area contributed by atoms with E-state index in [9.17, 15) is 19.2 Å². The van der Waals surface area contributed by atoms with Crippen LogP contribution in [0.5, 0.6) is 0 Å². The average molecular weight is 907 g/mol. The van der Waals surface area contributed by atoms with Crippen molar-refractivity contribution >= 4 is 86.3 Å². The van der Waals surface area contributed by atoms with Crippen LogP contribution in [0.3, 0.4) is 0 Å². The van der Waals surface area contributed by atoms with Gasteiger partial charge in [-0.2, -0.15) is 0 Å². The molecule has 0 N–H and O–H groups in total. The van der Waals surface area contributed by atoms with E-state index >= 15 is 0 Å². The van der Waals surface area contributed by atoms with Gasteiger partial charge >= 0.3 is 35.0 Å². The van der Waals surface area contributed by atoms with Gasteiger partial charge in [-0.1, -0.05) is 128 Å². The molecule has 0 saturated carbocycles. The third kappa shape index (κ3) is 11.6. The van der Waals surface area contributed by atoms with E-state index in [2.05, 4.69) is 41.2 Å². The molecule has 2 aliphatic heterocycles. The molecule has 0 spiro atoms. The van der Waals surface area contributed by atoms with Crippen LogP contribution < -0.4 is 9.97 Å². The number of esters is 2. The topological polar surface area (TPSA) is 141 Å². The van der Waals surface area contributed by atoms with Crippen molar-refractivity contribution in [3.63, 3.8) is 0 Å². The summed E-state index contributed by atoms with van der Waals surface area (Å²) in [5.74, 6) is -0.983. The van der Waals surface area contributed by atoms with E-state index in [1.165, 1.54) is 57.6 Å². The smallest absolute Gasteiger partial charge is 0.657 e. The predicted octanol–water partition coefficient (Wildman–Crippen LogP) is 12.0. The molecule has 1 aliphatic carbocycles. The van der Waals surface area contributed by atoms with E-state index in [1.54, 1.807) is 12.1 Å². The molecule has 66 heavy (non-hydrogen) atoms. The van der Waals surface area contributed by atoms with Crippen LogP contribution in [0, 0.1) is 31.6 Å². The van der Waals surface area contributed by atoms with Gasteiger partial charge in [0.15, 0.2) is 12.1 Å². The van der Waals surface area contributed by atoms with Crippen LogP contribution in [-0.4, -0.2) is 70.7 Å².